The van der Waals surface area contributed by atoms with Crippen LogP contribution in [0.2, 0.25) is 0 Å². The van der Waals surface area contributed by atoms with Crippen LogP contribution >= 0.6 is 0 Å². The highest BCUT2D eigenvalue weighted by Gasteiger charge is 2.27. The summed E-state index contributed by atoms with van der Waals surface area (Å²) in [6.45, 7) is 5.94. The lowest BCUT2D eigenvalue weighted by atomic mass is 10.1. The van der Waals surface area contributed by atoms with Crippen LogP contribution < -0.4 is 10.2 Å². The highest BCUT2D eigenvalue weighted by atomic mass is 16.5. The first kappa shape index (κ1) is 12.0. The molecule has 1 unspecified atom stereocenters. The second kappa shape index (κ2) is 4.91. The molecule has 19 heavy (non-hydrogen) atoms. The minimum atomic E-state index is 0.0919. The molecule has 1 aliphatic heterocycles. The molecule has 1 atom stereocenters. The average molecular weight is 258 g/mol. The van der Waals surface area contributed by atoms with E-state index in [4.69, 9.17) is 4.52 Å². The van der Waals surface area contributed by atoms with E-state index in [2.05, 4.69) is 52.4 Å². The number of benzene rings is 1. The van der Waals surface area contributed by atoms with Crippen molar-refractivity contribution in [2.24, 2.45) is 0 Å². The van der Waals surface area contributed by atoms with Crippen molar-refractivity contribution < 1.29 is 4.52 Å². The Kier molecular flexibility index (Phi) is 3.11. The topological polar surface area (TPSA) is 54.2 Å². The number of para-hydroxylation sites is 1. The fourth-order valence-corrected chi connectivity index (χ4v) is 2.45. The Morgan fingerprint density at radius 1 is 1.32 bits per heavy atom. The van der Waals surface area contributed by atoms with E-state index in [1.165, 1.54) is 5.56 Å². The second-order valence-electron chi connectivity index (χ2n) is 4.66. The molecule has 0 bridgehead atoms. The zero-order valence-electron chi connectivity index (χ0n) is 11.3. The van der Waals surface area contributed by atoms with Crippen LogP contribution in [0.1, 0.15) is 31.3 Å². The molecule has 0 radical (unpaired) electrons. The molecule has 1 aliphatic rings. The predicted octanol–water partition coefficient (Wildman–Crippen LogP) is 2.63. The van der Waals surface area contributed by atoms with Gasteiger partial charge in [-0.25, -0.2) is 0 Å². The summed E-state index contributed by atoms with van der Waals surface area (Å²) in [6.07, 6.45) is 0.899. The Bertz CT molecular complexity index is 537. The molecule has 2 aromatic rings. The van der Waals surface area contributed by atoms with Gasteiger partial charge in [0.25, 0.3) is 11.8 Å². The maximum atomic E-state index is 5.40. The molecule has 100 valence electrons. The van der Waals surface area contributed by atoms with Crippen LogP contribution in [0.15, 0.2) is 28.8 Å². The monoisotopic (exact) mass is 258 g/mol. The molecule has 0 saturated carbocycles. The molecular formula is C14H18N4O. The molecule has 0 saturated heterocycles. The van der Waals surface area contributed by atoms with Crippen LogP contribution in [-0.2, 0) is 6.42 Å². The van der Waals surface area contributed by atoms with Gasteiger partial charge in [-0.15, -0.1) is 0 Å². The normalized spacial score (nSPS) is 17.1. The van der Waals surface area contributed by atoms with Gasteiger partial charge >= 0.3 is 0 Å². The molecule has 1 N–H and O–H groups in total. The van der Waals surface area contributed by atoms with Crippen LogP contribution in [0.5, 0.6) is 0 Å². The number of hydrogen-bond acceptors (Lipinski definition) is 5. The molecule has 1 aromatic heterocycles. The Morgan fingerprint density at radius 3 is 2.84 bits per heavy atom. The summed E-state index contributed by atoms with van der Waals surface area (Å²) in [4.78, 5) is 6.58. The fourth-order valence-electron chi connectivity index (χ4n) is 2.45. The van der Waals surface area contributed by atoms with E-state index in [-0.39, 0.29) is 6.04 Å². The minimum absolute atomic E-state index is 0.0919. The fraction of sp³-hybridized carbons (Fsp3) is 0.429. The highest BCUT2D eigenvalue weighted by molar-refractivity contribution is 5.57. The largest absolute Gasteiger partial charge is 0.373 e. The first-order valence-electron chi connectivity index (χ1n) is 6.74. The van der Waals surface area contributed by atoms with Crippen LogP contribution in [0.3, 0.4) is 0 Å². The van der Waals surface area contributed by atoms with Crippen molar-refractivity contribution in [1.29, 1.82) is 0 Å². The number of hydrogen-bond donors (Lipinski definition) is 1. The summed E-state index contributed by atoms with van der Waals surface area (Å²) in [5.74, 6) is 1.34. The molecule has 5 heteroatoms. The molecule has 3 rings (SSSR count). The Balaban J connectivity index is 1.79. The zero-order valence-corrected chi connectivity index (χ0v) is 11.3. The van der Waals surface area contributed by atoms with Gasteiger partial charge < -0.3 is 14.7 Å². The van der Waals surface area contributed by atoms with Crippen LogP contribution in [0.25, 0.3) is 0 Å². The van der Waals surface area contributed by atoms with Gasteiger partial charge in [0.1, 0.15) is 6.04 Å². The number of nitrogens with zero attached hydrogens (tertiary/aromatic N) is 3. The maximum Gasteiger partial charge on any atom is 0.266 e. The Hall–Kier alpha value is -2.04. The lowest BCUT2D eigenvalue weighted by molar-refractivity contribution is 0.363. The van der Waals surface area contributed by atoms with E-state index in [1.54, 1.807) is 0 Å². The summed E-state index contributed by atoms with van der Waals surface area (Å²) in [6, 6.07) is 8.39. The third-order valence-corrected chi connectivity index (χ3v) is 3.55. The smallest absolute Gasteiger partial charge is 0.266 e. The Morgan fingerprint density at radius 2 is 2.11 bits per heavy atom. The molecule has 2 heterocycles. The van der Waals surface area contributed by atoms with Crippen molar-refractivity contribution in [1.82, 2.24) is 10.1 Å². The van der Waals surface area contributed by atoms with Gasteiger partial charge in [-0.2, -0.15) is 4.98 Å². The third-order valence-electron chi connectivity index (χ3n) is 3.55. The number of anilines is 2. The summed E-state index contributed by atoms with van der Waals surface area (Å²) in [5, 5.41) is 7.49. The Labute approximate surface area is 112 Å². The predicted molar refractivity (Wildman–Crippen MR) is 74.4 cm³/mol. The van der Waals surface area contributed by atoms with Crippen molar-refractivity contribution >= 4 is 11.6 Å². The van der Waals surface area contributed by atoms with E-state index in [0.717, 1.165) is 25.2 Å². The SMILES string of the molecule is CCN(CC)c1noc(C2Cc3ccccc3N2)n1. The van der Waals surface area contributed by atoms with Crippen molar-refractivity contribution in [2.75, 3.05) is 23.3 Å². The quantitative estimate of drug-likeness (QED) is 0.913. The van der Waals surface area contributed by atoms with Crippen molar-refractivity contribution in [3.63, 3.8) is 0 Å². The second-order valence-corrected chi connectivity index (χ2v) is 4.66. The van der Waals surface area contributed by atoms with Crippen molar-refractivity contribution in [2.45, 2.75) is 26.3 Å². The molecule has 0 aliphatic carbocycles. The van der Waals surface area contributed by atoms with Gasteiger partial charge in [0.2, 0.25) is 0 Å². The van der Waals surface area contributed by atoms with E-state index in [0.29, 0.717) is 11.8 Å². The third kappa shape index (κ3) is 2.16. The van der Waals surface area contributed by atoms with E-state index < -0.39 is 0 Å². The van der Waals surface area contributed by atoms with Gasteiger partial charge in [-0.3, -0.25) is 0 Å². The standard InChI is InChI=1S/C14H18N4O/c1-3-18(4-2)14-16-13(19-17-14)12-9-10-7-5-6-8-11(10)15-12/h5-8,12,15H,3-4,9H2,1-2H3. The summed E-state index contributed by atoms with van der Waals surface area (Å²) in [7, 11) is 0. The van der Waals surface area contributed by atoms with Crippen LogP contribution in [0.4, 0.5) is 11.6 Å². The number of rotatable bonds is 4. The van der Waals surface area contributed by atoms with Crippen LogP contribution in [0, 0.1) is 0 Å². The van der Waals surface area contributed by atoms with Gasteiger partial charge in [0.15, 0.2) is 0 Å². The summed E-state index contributed by atoms with van der Waals surface area (Å²) in [5.41, 5.74) is 2.46. The number of fused-ring (bicyclic) bond motifs is 1. The van der Waals surface area contributed by atoms with Gasteiger partial charge in [-0.05, 0) is 30.6 Å². The summed E-state index contributed by atoms with van der Waals surface area (Å²) < 4.78 is 5.40. The lowest BCUT2D eigenvalue weighted by Gasteiger charge is -2.14. The molecule has 1 aromatic carbocycles. The first-order chi connectivity index (χ1) is 9.31. The van der Waals surface area contributed by atoms with E-state index in [1.807, 2.05) is 6.07 Å². The zero-order chi connectivity index (χ0) is 13.2. The molecule has 0 amide bonds. The van der Waals surface area contributed by atoms with E-state index in [9.17, 15) is 0 Å². The van der Waals surface area contributed by atoms with Crippen molar-refractivity contribution in [3.8, 4) is 0 Å². The van der Waals surface area contributed by atoms with Crippen molar-refractivity contribution in [3.05, 3.63) is 35.7 Å². The molecule has 5 nitrogen and oxygen atoms in total. The number of nitrogens with one attached hydrogen (secondary N) is 1. The first-order valence-corrected chi connectivity index (χ1v) is 6.74. The molecular weight excluding hydrogens is 240 g/mol. The minimum Gasteiger partial charge on any atom is -0.373 e. The average Bonchev–Trinajstić information content (AvgIpc) is 3.06. The molecule has 0 spiro atoms. The number of aromatic nitrogens is 2. The maximum absolute atomic E-state index is 5.40. The van der Waals surface area contributed by atoms with Gasteiger partial charge in [0.05, 0.1) is 0 Å². The highest BCUT2D eigenvalue weighted by Crippen LogP contribution is 2.33. The van der Waals surface area contributed by atoms with E-state index >= 15 is 0 Å². The van der Waals surface area contributed by atoms with Gasteiger partial charge in [0, 0.05) is 25.2 Å². The molecule has 0 fully saturated rings. The van der Waals surface area contributed by atoms with Gasteiger partial charge in [-0.1, -0.05) is 18.2 Å². The van der Waals surface area contributed by atoms with Crippen LogP contribution in [-0.4, -0.2) is 23.2 Å². The lowest BCUT2D eigenvalue weighted by Crippen LogP contribution is -2.23. The summed E-state index contributed by atoms with van der Waals surface area (Å²) >= 11 is 0.